The zero-order valence-electron chi connectivity index (χ0n) is 20.8. The molecule has 190 valence electrons. The fourth-order valence-electron chi connectivity index (χ4n) is 4.61. The predicted molar refractivity (Wildman–Crippen MR) is 144 cm³/mol. The molecule has 8 nitrogen and oxygen atoms in total. The van der Waals surface area contributed by atoms with E-state index in [2.05, 4.69) is 0 Å². The lowest BCUT2D eigenvalue weighted by atomic mass is 9.95. The third-order valence-electron chi connectivity index (χ3n) is 6.23. The number of methoxy groups -OCH3 is 3. The number of carbonyl (C=O) groups is 2. The minimum Gasteiger partial charge on any atom is -0.503 e. The Morgan fingerprint density at radius 1 is 1.05 bits per heavy atom. The maximum atomic E-state index is 13.6. The van der Waals surface area contributed by atoms with Crippen LogP contribution in [0.5, 0.6) is 17.2 Å². The number of aromatic nitrogens is 1. The number of Topliss-reactive ketones (excluding diaryl/α,β-unsaturated/α-hetero) is 1. The van der Waals surface area contributed by atoms with Crippen LogP contribution in [0.15, 0.2) is 53.1 Å². The molecule has 0 unspecified atom stereocenters. The molecule has 37 heavy (non-hydrogen) atoms. The number of carbonyl (C=O) groups excluding carboxylic acids is 2. The molecule has 3 heterocycles. The van der Waals surface area contributed by atoms with Crippen LogP contribution >= 0.6 is 22.7 Å². The van der Waals surface area contributed by atoms with Crippen LogP contribution in [0.3, 0.4) is 0 Å². The number of hydrogen-bond donors (Lipinski definition) is 1. The van der Waals surface area contributed by atoms with Crippen molar-refractivity contribution in [3.8, 4) is 17.2 Å². The molecule has 0 radical (unpaired) electrons. The summed E-state index contributed by atoms with van der Waals surface area (Å²) < 4.78 is 17.4. The molecule has 0 saturated heterocycles. The number of amides is 1. The first kappa shape index (κ1) is 24.8. The standard InChI is InChI=1S/C27H24N2O6S2/c1-13-9-14(2)21-19(10-13)37-27(28-21)29-22(15-11-16(33-3)25(35-5)17(12-15)34-4)20(24(31)26(29)32)23(30)18-7-6-8-36-18/h6-12,22,31H,1-5H3/t22-/m1/s1. The lowest BCUT2D eigenvalue weighted by Crippen LogP contribution is -2.31. The van der Waals surface area contributed by atoms with Crippen molar-refractivity contribution >= 4 is 49.7 Å². The average Bonchev–Trinajstić information content (AvgIpc) is 3.62. The number of benzene rings is 2. The topological polar surface area (TPSA) is 98.2 Å². The maximum Gasteiger partial charge on any atom is 0.296 e. The zero-order valence-corrected chi connectivity index (χ0v) is 22.5. The van der Waals surface area contributed by atoms with E-state index in [1.54, 1.807) is 29.6 Å². The van der Waals surface area contributed by atoms with Gasteiger partial charge in [0, 0.05) is 0 Å². The van der Waals surface area contributed by atoms with Crippen molar-refractivity contribution in [1.82, 2.24) is 4.98 Å². The van der Waals surface area contributed by atoms with E-state index in [1.165, 1.54) is 48.9 Å². The molecule has 2 aromatic carbocycles. The van der Waals surface area contributed by atoms with Crippen LogP contribution in [0.2, 0.25) is 0 Å². The number of aliphatic hydroxyl groups is 1. The molecule has 1 N–H and O–H groups in total. The van der Waals surface area contributed by atoms with Gasteiger partial charge in [-0.1, -0.05) is 23.5 Å². The van der Waals surface area contributed by atoms with Gasteiger partial charge in [0.05, 0.1) is 48.0 Å². The van der Waals surface area contributed by atoms with Gasteiger partial charge in [-0.2, -0.15) is 0 Å². The number of ether oxygens (including phenoxy) is 3. The van der Waals surface area contributed by atoms with Crippen molar-refractivity contribution < 1.29 is 28.9 Å². The fraction of sp³-hybridized carbons (Fsp3) is 0.222. The summed E-state index contributed by atoms with van der Waals surface area (Å²) in [5.41, 5.74) is 3.27. The van der Waals surface area contributed by atoms with Crippen LogP contribution < -0.4 is 19.1 Å². The van der Waals surface area contributed by atoms with Crippen LogP contribution in [-0.2, 0) is 4.79 Å². The SMILES string of the molecule is COc1cc([C@@H]2C(C(=O)c3cccs3)=C(O)C(=O)N2c2nc3c(C)cc(C)cc3s2)cc(OC)c1OC. The number of thiophene rings is 1. The van der Waals surface area contributed by atoms with Crippen LogP contribution in [0, 0.1) is 13.8 Å². The van der Waals surface area contributed by atoms with Gasteiger partial charge in [0.1, 0.15) is 0 Å². The minimum atomic E-state index is -0.974. The first-order valence-electron chi connectivity index (χ1n) is 11.3. The molecule has 2 aromatic heterocycles. The molecule has 1 amide bonds. The van der Waals surface area contributed by atoms with Gasteiger partial charge in [-0.25, -0.2) is 4.98 Å². The Kier molecular flexibility index (Phi) is 6.38. The first-order valence-corrected chi connectivity index (χ1v) is 13.0. The van der Waals surface area contributed by atoms with Crippen molar-refractivity contribution in [2.75, 3.05) is 26.2 Å². The van der Waals surface area contributed by atoms with Crippen LogP contribution in [0.4, 0.5) is 5.13 Å². The van der Waals surface area contributed by atoms with Crippen LogP contribution in [0.1, 0.15) is 32.4 Å². The second-order valence-electron chi connectivity index (χ2n) is 8.53. The van der Waals surface area contributed by atoms with Gasteiger partial charge in [0.25, 0.3) is 5.91 Å². The number of aryl methyl sites for hydroxylation is 2. The lowest BCUT2D eigenvalue weighted by Gasteiger charge is -2.25. The summed E-state index contributed by atoms with van der Waals surface area (Å²) in [7, 11) is 4.47. The molecule has 0 aliphatic carbocycles. The van der Waals surface area contributed by atoms with E-state index < -0.39 is 23.5 Å². The van der Waals surface area contributed by atoms with E-state index >= 15 is 0 Å². The zero-order chi connectivity index (χ0) is 26.4. The summed E-state index contributed by atoms with van der Waals surface area (Å²) in [6.45, 7) is 3.96. The first-order chi connectivity index (χ1) is 17.8. The smallest absolute Gasteiger partial charge is 0.296 e. The number of thiazole rings is 1. The third kappa shape index (κ3) is 4.02. The molecule has 1 aliphatic rings. The van der Waals surface area contributed by atoms with Crippen molar-refractivity contribution in [2.45, 2.75) is 19.9 Å². The van der Waals surface area contributed by atoms with Crippen molar-refractivity contribution in [3.05, 3.63) is 74.7 Å². The monoisotopic (exact) mass is 536 g/mol. The Balaban J connectivity index is 1.75. The van der Waals surface area contributed by atoms with E-state index in [1.807, 2.05) is 26.0 Å². The van der Waals surface area contributed by atoms with Crippen LogP contribution in [-0.4, -0.2) is 43.1 Å². The highest BCUT2D eigenvalue weighted by atomic mass is 32.1. The lowest BCUT2D eigenvalue weighted by molar-refractivity contribution is -0.117. The maximum absolute atomic E-state index is 13.6. The number of nitrogens with zero attached hydrogens (tertiary/aromatic N) is 2. The summed E-state index contributed by atoms with van der Waals surface area (Å²) in [5, 5.41) is 13.2. The fourth-order valence-corrected chi connectivity index (χ4v) is 6.46. The van der Waals surface area contributed by atoms with Gasteiger partial charge in [-0.3, -0.25) is 14.5 Å². The van der Waals surface area contributed by atoms with E-state index in [9.17, 15) is 14.7 Å². The Hall–Kier alpha value is -3.89. The highest BCUT2D eigenvalue weighted by molar-refractivity contribution is 7.22. The summed E-state index contributed by atoms with van der Waals surface area (Å²) in [6.07, 6.45) is 0. The van der Waals surface area contributed by atoms with E-state index in [-0.39, 0.29) is 5.57 Å². The number of ketones is 1. The largest absolute Gasteiger partial charge is 0.503 e. The minimum absolute atomic E-state index is 0.0334. The predicted octanol–water partition coefficient (Wildman–Crippen LogP) is 5.78. The second-order valence-corrected chi connectivity index (χ2v) is 10.5. The summed E-state index contributed by atoms with van der Waals surface area (Å²) in [5.74, 6) is -0.662. The van der Waals surface area contributed by atoms with E-state index in [4.69, 9.17) is 19.2 Å². The van der Waals surface area contributed by atoms with E-state index in [0.29, 0.717) is 32.8 Å². The Morgan fingerprint density at radius 2 is 1.76 bits per heavy atom. The van der Waals surface area contributed by atoms with Gasteiger partial charge < -0.3 is 19.3 Å². The highest BCUT2D eigenvalue weighted by Gasteiger charge is 2.46. The van der Waals surface area contributed by atoms with Crippen LogP contribution in [0.25, 0.3) is 10.2 Å². The molecule has 0 fully saturated rings. The van der Waals surface area contributed by atoms with Gasteiger partial charge >= 0.3 is 0 Å². The number of anilines is 1. The molecule has 1 aliphatic heterocycles. The van der Waals surface area contributed by atoms with E-state index in [0.717, 1.165) is 21.3 Å². The van der Waals surface area contributed by atoms with Crippen molar-refractivity contribution in [2.24, 2.45) is 0 Å². The number of hydrogen-bond acceptors (Lipinski definition) is 9. The Labute approximate surface area is 221 Å². The summed E-state index contributed by atoms with van der Waals surface area (Å²) in [6, 6.07) is 9.81. The molecule has 1 atom stereocenters. The average molecular weight is 537 g/mol. The van der Waals surface area contributed by atoms with Crippen molar-refractivity contribution in [3.63, 3.8) is 0 Å². The molecule has 0 spiro atoms. The normalized spacial score (nSPS) is 15.5. The van der Waals surface area contributed by atoms with Crippen molar-refractivity contribution in [1.29, 1.82) is 0 Å². The molecule has 10 heteroatoms. The summed E-state index contributed by atoms with van der Waals surface area (Å²) >= 11 is 2.56. The highest BCUT2D eigenvalue weighted by Crippen LogP contribution is 2.48. The molecular weight excluding hydrogens is 512 g/mol. The number of rotatable bonds is 7. The molecule has 5 rings (SSSR count). The molecular formula is C27H24N2O6S2. The van der Waals surface area contributed by atoms with Gasteiger partial charge in [0.2, 0.25) is 11.5 Å². The molecule has 0 saturated carbocycles. The number of fused-ring (bicyclic) bond motifs is 1. The quantitative estimate of drug-likeness (QED) is 0.299. The molecule has 0 bridgehead atoms. The Morgan fingerprint density at radius 3 is 2.35 bits per heavy atom. The van der Waals surface area contributed by atoms with Gasteiger partial charge in [0.15, 0.2) is 22.4 Å². The molecule has 4 aromatic rings. The third-order valence-corrected chi connectivity index (χ3v) is 8.10. The summed E-state index contributed by atoms with van der Waals surface area (Å²) in [4.78, 5) is 33.8. The number of aliphatic hydroxyl groups excluding tert-OH is 1. The Bertz CT molecular complexity index is 1550. The van der Waals surface area contributed by atoms with Gasteiger partial charge in [-0.15, -0.1) is 11.3 Å². The second kappa shape index (κ2) is 9.53. The van der Waals surface area contributed by atoms with Gasteiger partial charge in [-0.05, 0) is 60.2 Å².